The number of hydrogen-bond donors (Lipinski definition) is 2. The molecule has 0 aliphatic heterocycles. The van der Waals surface area contributed by atoms with Gasteiger partial charge in [-0.25, -0.2) is 0 Å². The summed E-state index contributed by atoms with van der Waals surface area (Å²) in [6, 6.07) is 11.6. The van der Waals surface area contributed by atoms with E-state index < -0.39 is 18.5 Å². The number of carbonyl (C=O) groups is 3. The van der Waals surface area contributed by atoms with Gasteiger partial charge in [-0.3, -0.25) is 14.4 Å². The Morgan fingerprint density at radius 3 is 2.37 bits per heavy atom. The summed E-state index contributed by atoms with van der Waals surface area (Å²) in [5.74, 6) is -0.900. The molecule has 0 aliphatic carbocycles. The van der Waals surface area contributed by atoms with Crippen molar-refractivity contribution >= 4 is 40.8 Å². The molecule has 0 spiro atoms. The number of hydrogen-bond acceptors (Lipinski definition) is 5. The second kappa shape index (κ2) is 9.59. The van der Waals surface area contributed by atoms with Crippen molar-refractivity contribution in [2.75, 3.05) is 24.4 Å². The second-order valence-corrected chi connectivity index (χ2v) is 6.04. The zero-order chi connectivity index (χ0) is 19.8. The van der Waals surface area contributed by atoms with Crippen molar-refractivity contribution in [1.29, 1.82) is 0 Å². The van der Waals surface area contributed by atoms with E-state index in [0.717, 1.165) is 5.56 Å². The highest BCUT2D eigenvalue weighted by Crippen LogP contribution is 2.27. The van der Waals surface area contributed by atoms with E-state index in [1.807, 2.05) is 0 Å². The van der Waals surface area contributed by atoms with Gasteiger partial charge < -0.3 is 20.1 Å². The molecule has 2 amide bonds. The number of anilines is 2. The van der Waals surface area contributed by atoms with E-state index in [0.29, 0.717) is 22.1 Å². The van der Waals surface area contributed by atoms with Gasteiger partial charge in [0.25, 0.3) is 5.91 Å². The van der Waals surface area contributed by atoms with Gasteiger partial charge in [0.15, 0.2) is 6.61 Å². The number of rotatable bonds is 7. The smallest absolute Gasteiger partial charge is 0.310 e. The van der Waals surface area contributed by atoms with Gasteiger partial charge in [0.1, 0.15) is 5.75 Å². The number of amides is 2. The summed E-state index contributed by atoms with van der Waals surface area (Å²) < 4.78 is 10.2. The Bertz CT molecular complexity index is 836. The predicted molar refractivity (Wildman–Crippen MR) is 102 cm³/mol. The van der Waals surface area contributed by atoms with Crippen molar-refractivity contribution < 1.29 is 23.9 Å². The lowest BCUT2D eigenvalue weighted by molar-refractivity contribution is -0.146. The first kappa shape index (κ1) is 20.3. The van der Waals surface area contributed by atoms with Crippen molar-refractivity contribution in [2.24, 2.45) is 0 Å². The summed E-state index contributed by atoms with van der Waals surface area (Å²) >= 11 is 5.79. The van der Waals surface area contributed by atoms with Crippen molar-refractivity contribution in [2.45, 2.75) is 13.3 Å². The van der Waals surface area contributed by atoms with Crippen LogP contribution in [0.3, 0.4) is 0 Å². The molecular weight excluding hydrogens is 372 g/mol. The Labute approximate surface area is 161 Å². The van der Waals surface area contributed by atoms with Crippen LogP contribution < -0.4 is 15.4 Å². The maximum atomic E-state index is 12.1. The summed E-state index contributed by atoms with van der Waals surface area (Å²) in [5, 5.41) is 5.77. The predicted octanol–water partition coefficient (Wildman–Crippen LogP) is 3.03. The standard InChI is InChI=1S/C19H19ClN2O5/c1-12(23)21-15-7-8-17(26-2)16(10-15)22-18(24)11-27-19(25)9-13-3-5-14(20)6-4-13/h3-8,10H,9,11H2,1-2H3,(H,21,23)(H,22,24). The first-order valence-corrected chi connectivity index (χ1v) is 8.40. The lowest BCUT2D eigenvalue weighted by Gasteiger charge is -2.12. The molecule has 27 heavy (non-hydrogen) atoms. The number of esters is 1. The Morgan fingerprint density at radius 2 is 1.74 bits per heavy atom. The third-order valence-electron chi connectivity index (χ3n) is 3.42. The van der Waals surface area contributed by atoms with Crippen LogP contribution in [0.4, 0.5) is 11.4 Å². The monoisotopic (exact) mass is 390 g/mol. The van der Waals surface area contributed by atoms with E-state index in [9.17, 15) is 14.4 Å². The maximum absolute atomic E-state index is 12.1. The molecule has 0 radical (unpaired) electrons. The van der Waals surface area contributed by atoms with Gasteiger partial charge in [-0.2, -0.15) is 0 Å². The van der Waals surface area contributed by atoms with Gasteiger partial charge in [0.05, 0.1) is 19.2 Å². The average molecular weight is 391 g/mol. The third kappa shape index (κ3) is 6.63. The van der Waals surface area contributed by atoms with Crippen LogP contribution in [-0.4, -0.2) is 31.5 Å². The van der Waals surface area contributed by atoms with E-state index in [-0.39, 0.29) is 12.3 Å². The fraction of sp³-hybridized carbons (Fsp3) is 0.211. The van der Waals surface area contributed by atoms with E-state index in [1.54, 1.807) is 42.5 Å². The molecule has 2 N–H and O–H groups in total. The van der Waals surface area contributed by atoms with Crippen LogP contribution in [0.5, 0.6) is 5.75 Å². The zero-order valence-corrected chi connectivity index (χ0v) is 15.6. The molecule has 7 nitrogen and oxygen atoms in total. The van der Waals surface area contributed by atoms with Crippen LogP contribution in [0.2, 0.25) is 5.02 Å². The van der Waals surface area contributed by atoms with E-state index in [2.05, 4.69) is 10.6 Å². The van der Waals surface area contributed by atoms with Crippen LogP contribution in [0.1, 0.15) is 12.5 Å². The van der Waals surface area contributed by atoms with Crippen LogP contribution in [0.15, 0.2) is 42.5 Å². The zero-order valence-electron chi connectivity index (χ0n) is 14.9. The molecule has 0 atom stereocenters. The highest BCUT2D eigenvalue weighted by atomic mass is 35.5. The van der Waals surface area contributed by atoms with Gasteiger partial charge in [-0.15, -0.1) is 0 Å². The SMILES string of the molecule is COc1ccc(NC(C)=O)cc1NC(=O)COC(=O)Cc1ccc(Cl)cc1. The number of halogens is 1. The van der Waals surface area contributed by atoms with Crippen molar-refractivity contribution in [3.05, 3.63) is 53.1 Å². The average Bonchev–Trinajstić information content (AvgIpc) is 2.62. The Balaban J connectivity index is 1.91. The van der Waals surface area contributed by atoms with Crippen molar-refractivity contribution in [3.63, 3.8) is 0 Å². The molecule has 2 aromatic rings. The molecule has 0 fully saturated rings. The maximum Gasteiger partial charge on any atom is 0.310 e. The van der Waals surface area contributed by atoms with Crippen LogP contribution in [-0.2, 0) is 25.5 Å². The van der Waals surface area contributed by atoms with Crippen LogP contribution in [0.25, 0.3) is 0 Å². The minimum atomic E-state index is -0.536. The molecule has 8 heteroatoms. The summed E-state index contributed by atoms with van der Waals surface area (Å²) in [6.07, 6.45) is 0.0335. The lowest BCUT2D eigenvalue weighted by atomic mass is 10.1. The topological polar surface area (TPSA) is 93.7 Å². The molecule has 0 saturated heterocycles. The molecule has 0 unspecified atom stereocenters. The van der Waals surface area contributed by atoms with E-state index in [4.69, 9.17) is 21.1 Å². The number of benzene rings is 2. The molecule has 0 saturated carbocycles. The first-order valence-electron chi connectivity index (χ1n) is 8.03. The van der Waals surface area contributed by atoms with Crippen LogP contribution >= 0.6 is 11.6 Å². The number of methoxy groups -OCH3 is 1. The molecule has 0 aliphatic rings. The summed E-state index contributed by atoms with van der Waals surface area (Å²) in [7, 11) is 1.45. The van der Waals surface area contributed by atoms with Gasteiger partial charge >= 0.3 is 5.97 Å². The van der Waals surface area contributed by atoms with Crippen LogP contribution in [0, 0.1) is 0 Å². The quantitative estimate of drug-likeness (QED) is 0.709. The molecule has 142 valence electrons. The summed E-state index contributed by atoms with van der Waals surface area (Å²) in [4.78, 5) is 35.1. The fourth-order valence-corrected chi connectivity index (χ4v) is 2.36. The highest BCUT2D eigenvalue weighted by molar-refractivity contribution is 6.30. The fourth-order valence-electron chi connectivity index (χ4n) is 2.24. The van der Waals surface area contributed by atoms with Crippen molar-refractivity contribution in [1.82, 2.24) is 0 Å². The van der Waals surface area contributed by atoms with E-state index in [1.165, 1.54) is 14.0 Å². The summed E-state index contributed by atoms with van der Waals surface area (Å²) in [5.41, 5.74) is 1.58. The minimum absolute atomic E-state index is 0.0335. The molecule has 0 heterocycles. The molecule has 0 bridgehead atoms. The van der Waals surface area contributed by atoms with Gasteiger partial charge in [0.2, 0.25) is 5.91 Å². The summed E-state index contributed by atoms with van der Waals surface area (Å²) in [6.45, 7) is 0.933. The molecule has 2 aromatic carbocycles. The lowest BCUT2D eigenvalue weighted by Crippen LogP contribution is -2.22. The third-order valence-corrected chi connectivity index (χ3v) is 3.67. The van der Waals surface area contributed by atoms with Gasteiger partial charge in [-0.05, 0) is 35.9 Å². The minimum Gasteiger partial charge on any atom is -0.495 e. The van der Waals surface area contributed by atoms with Gasteiger partial charge in [-0.1, -0.05) is 23.7 Å². The number of ether oxygens (including phenoxy) is 2. The van der Waals surface area contributed by atoms with Crippen molar-refractivity contribution in [3.8, 4) is 5.75 Å². The first-order chi connectivity index (χ1) is 12.9. The number of carbonyl (C=O) groups excluding carboxylic acids is 3. The Kier molecular flexibility index (Phi) is 7.19. The largest absolute Gasteiger partial charge is 0.495 e. The molecular formula is C19H19ClN2O5. The highest BCUT2D eigenvalue weighted by Gasteiger charge is 2.12. The number of nitrogens with one attached hydrogen (secondary N) is 2. The van der Waals surface area contributed by atoms with Gasteiger partial charge in [0, 0.05) is 17.6 Å². The second-order valence-electron chi connectivity index (χ2n) is 5.61. The Hall–Kier alpha value is -3.06. The van der Waals surface area contributed by atoms with E-state index >= 15 is 0 Å². The normalized spacial score (nSPS) is 10.0. The molecule has 2 rings (SSSR count). The molecule has 0 aromatic heterocycles. The Morgan fingerprint density at radius 1 is 1.04 bits per heavy atom.